The van der Waals surface area contributed by atoms with E-state index in [1.54, 1.807) is 43.3 Å². The molecule has 2 aromatic rings. The van der Waals surface area contributed by atoms with Crippen molar-refractivity contribution in [3.05, 3.63) is 72.3 Å². The molecule has 142 valence electrons. The van der Waals surface area contributed by atoms with E-state index in [9.17, 15) is 14.4 Å². The lowest BCUT2D eigenvalue weighted by molar-refractivity contribution is -0.122. The lowest BCUT2D eigenvalue weighted by Gasteiger charge is -2.17. The maximum atomic E-state index is 12.7. The van der Waals surface area contributed by atoms with Gasteiger partial charge in [-0.15, -0.1) is 0 Å². The highest BCUT2D eigenvalue weighted by atomic mass is 16.5. The Morgan fingerprint density at radius 2 is 1.50 bits per heavy atom. The van der Waals surface area contributed by atoms with Crippen LogP contribution in [0.3, 0.4) is 0 Å². The third-order valence-electron chi connectivity index (χ3n) is 5.34. The van der Waals surface area contributed by atoms with Crippen molar-refractivity contribution in [1.82, 2.24) is 0 Å². The first-order chi connectivity index (χ1) is 13.6. The molecule has 1 heterocycles. The van der Waals surface area contributed by atoms with Gasteiger partial charge in [-0.1, -0.05) is 42.5 Å². The maximum absolute atomic E-state index is 12.7. The number of fused-ring (bicyclic) bond motifs is 1. The topological polar surface area (TPSA) is 63.7 Å². The zero-order valence-corrected chi connectivity index (χ0v) is 15.6. The molecule has 1 aliphatic carbocycles. The fourth-order valence-corrected chi connectivity index (χ4v) is 3.82. The lowest BCUT2D eigenvalue weighted by Crippen LogP contribution is -2.30. The number of imide groups is 1. The van der Waals surface area contributed by atoms with Gasteiger partial charge in [0.2, 0.25) is 17.6 Å². The molecule has 0 saturated carbocycles. The number of carbonyl (C=O) groups is 3. The van der Waals surface area contributed by atoms with Crippen molar-refractivity contribution in [3.63, 3.8) is 0 Å². The number of ether oxygens (including phenoxy) is 1. The molecule has 0 unspecified atom stereocenters. The van der Waals surface area contributed by atoms with Crippen molar-refractivity contribution in [1.29, 1.82) is 0 Å². The predicted molar refractivity (Wildman–Crippen MR) is 105 cm³/mol. The number of carbonyl (C=O) groups excluding carboxylic acids is 3. The molecule has 1 saturated heterocycles. The average molecular weight is 375 g/mol. The Labute approximate surface area is 163 Å². The fraction of sp³-hybridized carbons (Fsp3) is 0.261. The van der Waals surface area contributed by atoms with Crippen LogP contribution in [0.5, 0.6) is 5.75 Å². The molecule has 0 aromatic heterocycles. The minimum atomic E-state index is -0.641. The average Bonchev–Trinajstić information content (AvgIpc) is 2.99. The van der Waals surface area contributed by atoms with Crippen LogP contribution in [0, 0.1) is 11.8 Å². The summed E-state index contributed by atoms with van der Waals surface area (Å²) in [4.78, 5) is 39.0. The standard InChI is InChI=1S/C23H21NO4/c1-15(21(25)16-7-3-2-4-8-16)28-18-13-11-17(12-14-18)24-22(26)19-9-5-6-10-20(19)23(24)27/h2-8,11-15,19-20H,9-10H2,1H3/t15-,19-,20-/m0/s1. The number of nitrogens with zero attached hydrogens (tertiary/aromatic N) is 1. The predicted octanol–water partition coefficient (Wildman–Crippen LogP) is 3.79. The lowest BCUT2D eigenvalue weighted by atomic mass is 9.85. The maximum Gasteiger partial charge on any atom is 0.238 e. The summed E-state index contributed by atoms with van der Waals surface area (Å²) in [6, 6.07) is 15.7. The number of hydrogen-bond donors (Lipinski definition) is 0. The Kier molecular flexibility index (Phi) is 4.82. The molecule has 1 fully saturated rings. The molecule has 2 aromatic carbocycles. The van der Waals surface area contributed by atoms with E-state index < -0.39 is 6.10 Å². The van der Waals surface area contributed by atoms with Gasteiger partial charge >= 0.3 is 0 Å². The van der Waals surface area contributed by atoms with Crippen molar-refractivity contribution in [2.75, 3.05) is 4.90 Å². The summed E-state index contributed by atoms with van der Waals surface area (Å²) < 4.78 is 5.75. The first-order valence-electron chi connectivity index (χ1n) is 9.45. The van der Waals surface area contributed by atoms with Gasteiger partial charge in [-0.2, -0.15) is 0 Å². The number of allylic oxidation sites excluding steroid dienone is 2. The summed E-state index contributed by atoms with van der Waals surface area (Å²) in [5, 5.41) is 0. The van der Waals surface area contributed by atoms with E-state index >= 15 is 0 Å². The van der Waals surface area contributed by atoms with Crippen LogP contribution >= 0.6 is 0 Å². The molecule has 0 N–H and O–H groups in total. The van der Waals surface area contributed by atoms with E-state index in [1.807, 2.05) is 30.4 Å². The van der Waals surface area contributed by atoms with Gasteiger partial charge in [0, 0.05) is 5.56 Å². The molecule has 0 spiro atoms. The second kappa shape index (κ2) is 7.43. The van der Waals surface area contributed by atoms with Crippen LogP contribution in [0.15, 0.2) is 66.7 Å². The largest absolute Gasteiger partial charge is 0.483 e. The molecule has 5 heteroatoms. The van der Waals surface area contributed by atoms with Crippen molar-refractivity contribution in [2.24, 2.45) is 11.8 Å². The molecule has 0 radical (unpaired) electrons. The minimum Gasteiger partial charge on any atom is -0.483 e. The zero-order valence-electron chi connectivity index (χ0n) is 15.6. The molecule has 5 nitrogen and oxygen atoms in total. The van der Waals surface area contributed by atoms with Gasteiger partial charge in [0.15, 0.2) is 6.10 Å². The highest BCUT2D eigenvalue weighted by Gasteiger charge is 2.47. The molecular formula is C23H21NO4. The van der Waals surface area contributed by atoms with Crippen molar-refractivity contribution in [3.8, 4) is 5.75 Å². The minimum absolute atomic E-state index is 0.105. The Balaban J connectivity index is 1.46. The van der Waals surface area contributed by atoms with E-state index in [2.05, 4.69) is 0 Å². The molecule has 2 aliphatic rings. The van der Waals surface area contributed by atoms with Crippen LogP contribution in [0.4, 0.5) is 5.69 Å². The number of anilines is 1. The highest BCUT2D eigenvalue weighted by Crippen LogP contribution is 2.38. The van der Waals surface area contributed by atoms with Gasteiger partial charge < -0.3 is 4.74 Å². The number of rotatable bonds is 5. The van der Waals surface area contributed by atoms with E-state index in [4.69, 9.17) is 4.74 Å². The van der Waals surface area contributed by atoms with Crippen molar-refractivity contribution in [2.45, 2.75) is 25.9 Å². The number of hydrogen-bond acceptors (Lipinski definition) is 4. The number of ketones is 1. The molecule has 2 amide bonds. The Morgan fingerprint density at radius 3 is 2.07 bits per heavy atom. The van der Waals surface area contributed by atoms with Crippen LogP contribution in [0.2, 0.25) is 0 Å². The van der Waals surface area contributed by atoms with E-state index in [-0.39, 0.29) is 29.4 Å². The Morgan fingerprint density at radius 1 is 0.929 bits per heavy atom. The van der Waals surface area contributed by atoms with E-state index in [1.165, 1.54) is 4.90 Å². The van der Waals surface area contributed by atoms with Gasteiger partial charge in [-0.05, 0) is 44.0 Å². The molecule has 0 bridgehead atoms. The summed E-state index contributed by atoms with van der Waals surface area (Å²) in [5.41, 5.74) is 1.13. The summed E-state index contributed by atoms with van der Waals surface area (Å²) >= 11 is 0. The number of Topliss-reactive ketones (excluding diaryl/α,β-unsaturated/α-hetero) is 1. The molecular weight excluding hydrogens is 354 g/mol. The third-order valence-corrected chi connectivity index (χ3v) is 5.34. The summed E-state index contributed by atoms with van der Waals surface area (Å²) in [6.45, 7) is 1.70. The molecule has 28 heavy (non-hydrogen) atoms. The van der Waals surface area contributed by atoms with Gasteiger partial charge in [0.25, 0.3) is 0 Å². The smallest absolute Gasteiger partial charge is 0.238 e. The normalized spacial score (nSPS) is 22.1. The summed E-state index contributed by atoms with van der Waals surface area (Å²) in [5.74, 6) is -0.375. The van der Waals surface area contributed by atoms with Gasteiger partial charge in [0.1, 0.15) is 5.75 Å². The second-order valence-electron chi connectivity index (χ2n) is 7.15. The SMILES string of the molecule is C[C@H](Oc1ccc(N2C(=O)[C@H]3CC=CC[C@@H]3C2=O)cc1)C(=O)c1ccccc1. The number of amides is 2. The Bertz CT molecular complexity index is 907. The summed E-state index contributed by atoms with van der Waals surface area (Å²) in [7, 11) is 0. The molecule has 1 aliphatic heterocycles. The van der Waals surface area contributed by atoms with E-state index in [0.717, 1.165) is 0 Å². The van der Waals surface area contributed by atoms with Crippen molar-refractivity contribution < 1.29 is 19.1 Å². The van der Waals surface area contributed by atoms with Crippen LogP contribution < -0.4 is 9.64 Å². The number of benzene rings is 2. The first kappa shape index (κ1) is 18.2. The summed E-state index contributed by atoms with van der Waals surface area (Å²) in [6.07, 6.45) is 4.53. The van der Waals surface area contributed by atoms with Crippen molar-refractivity contribution >= 4 is 23.3 Å². The van der Waals surface area contributed by atoms with Crippen LogP contribution in [0.25, 0.3) is 0 Å². The van der Waals surface area contributed by atoms with Crippen LogP contribution in [-0.4, -0.2) is 23.7 Å². The Hall–Kier alpha value is -3.21. The second-order valence-corrected chi connectivity index (χ2v) is 7.15. The third kappa shape index (κ3) is 3.24. The first-order valence-corrected chi connectivity index (χ1v) is 9.45. The highest BCUT2D eigenvalue weighted by molar-refractivity contribution is 6.22. The van der Waals surface area contributed by atoms with Gasteiger partial charge in [0.05, 0.1) is 17.5 Å². The van der Waals surface area contributed by atoms with E-state index in [0.29, 0.717) is 29.8 Å². The fourth-order valence-electron chi connectivity index (χ4n) is 3.82. The van der Waals surface area contributed by atoms with Crippen LogP contribution in [-0.2, 0) is 9.59 Å². The molecule has 3 atom stereocenters. The molecule has 4 rings (SSSR count). The quantitative estimate of drug-likeness (QED) is 0.453. The monoisotopic (exact) mass is 375 g/mol. The zero-order chi connectivity index (χ0) is 19.7. The van der Waals surface area contributed by atoms with Gasteiger partial charge in [-0.25, -0.2) is 0 Å². The van der Waals surface area contributed by atoms with Crippen LogP contribution in [0.1, 0.15) is 30.1 Å². The van der Waals surface area contributed by atoms with Gasteiger partial charge in [-0.3, -0.25) is 19.3 Å².